The van der Waals surface area contributed by atoms with Crippen molar-refractivity contribution in [3.8, 4) is 11.4 Å². The molecule has 3 rings (SSSR count). The van der Waals surface area contributed by atoms with E-state index in [0.717, 1.165) is 17.4 Å². The summed E-state index contributed by atoms with van der Waals surface area (Å²) < 4.78 is 0. The van der Waals surface area contributed by atoms with E-state index < -0.39 is 0 Å². The Labute approximate surface area is 108 Å². The molecule has 0 bridgehead atoms. The first-order valence-electron chi connectivity index (χ1n) is 5.71. The van der Waals surface area contributed by atoms with Gasteiger partial charge in [-0.05, 0) is 18.1 Å². The van der Waals surface area contributed by atoms with Crippen molar-refractivity contribution < 1.29 is 0 Å². The molecule has 1 heterocycles. The molecule has 5 heteroatoms. The van der Waals surface area contributed by atoms with Crippen LogP contribution in [0.15, 0.2) is 30.3 Å². The molecule has 0 aliphatic heterocycles. The van der Waals surface area contributed by atoms with Crippen LogP contribution in [0.5, 0.6) is 0 Å². The number of alkyl halides is 1. The fraction of sp³-hybridized carbons (Fsp3) is 0.417. The maximum absolute atomic E-state index is 4.43. The summed E-state index contributed by atoms with van der Waals surface area (Å²) >= 11 is 3.55. The summed E-state index contributed by atoms with van der Waals surface area (Å²) in [5.74, 6) is 0.705. The fourth-order valence-electron chi connectivity index (χ4n) is 1.82. The zero-order valence-electron chi connectivity index (χ0n) is 9.38. The Hall–Kier alpha value is -1.23. The Kier molecular flexibility index (Phi) is 2.70. The molecule has 0 amide bonds. The highest BCUT2D eigenvalue weighted by Gasteiger charge is 2.42. The minimum Gasteiger partial charge on any atom is -0.163 e. The van der Waals surface area contributed by atoms with Crippen LogP contribution in [0.1, 0.15) is 12.8 Å². The minimum absolute atomic E-state index is 0.370. The molecule has 0 saturated heterocycles. The Morgan fingerprint density at radius 1 is 1.24 bits per heavy atom. The van der Waals surface area contributed by atoms with E-state index in [1.54, 1.807) is 4.80 Å². The van der Waals surface area contributed by atoms with Gasteiger partial charge in [-0.15, -0.1) is 10.2 Å². The lowest BCUT2D eigenvalue weighted by Gasteiger charge is -2.08. The van der Waals surface area contributed by atoms with Crippen molar-refractivity contribution in [2.45, 2.75) is 19.4 Å². The SMILES string of the molecule is BrCC1(Cn2nnc(-c3ccccc3)n2)CC1. The van der Waals surface area contributed by atoms with Crippen LogP contribution in [-0.4, -0.2) is 25.5 Å². The second-order valence-corrected chi connectivity index (χ2v) is 5.20. The highest BCUT2D eigenvalue weighted by Crippen LogP contribution is 2.48. The summed E-state index contributed by atoms with van der Waals surface area (Å²) in [4.78, 5) is 1.72. The van der Waals surface area contributed by atoms with E-state index in [1.165, 1.54) is 12.8 Å². The third kappa shape index (κ3) is 2.24. The number of tetrazole rings is 1. The quantitative estimate of drug-likeness (QED) is 0.814. The smallest absolute Gasteiger partial charge is 0.163 e. The van der Waals surface area contributed by atoms with Gasteiger partial charge in [-0.3, -0.25) is 0 Å². The number of nitrogens with zero attached hydrogens (tertiary/aromatic N) is 4. The number of aromatic nitrogens is 4. The lowest BCUT2D eigenvalue weighted by Crippen LogP contribution is -2.15. The molecule has 0 spiro atoms. The van der Waals surface area contributed by atoms with Crippen LogP contribution >= 0.6 is 15.9 Å². The molecule has 4 nitrogen and oxygen atoms in total. The number of hydrogen-bond donors (Lipinski definition) is 0. The molecule has 1 aromatic heterocycles. The molecule has 0 N–H and O–H groups in total. The van der Waals surface area contributed by atoms with Crippen LogP contribution in [0.2, 0.25) is 0 Å². The zero-order chi connectivity index (χ0) is 11.7. The fourth-order valence-corrected chi connectivity index (χ4v) is 2.56. The molecule has 88 valence electrons. The summed E-state index contributed by atoms with van der Waals surface area (Å²) in [6.07, 6.45) is 2.50. The van der Waals surface area contributed by atoms with Gasteiger partial charge in [-0.25, -0.2) is 0 Å². The summed E-state index contributed by atoms with van der Waals surface area (Å²) in [5.41, 5.74) is 1.39. The van der Waals surface area contributed by atoms with E-state index >= 15 is 0 Å². The van der Waals surface area contributed by atoms with Crippen molar-refractivity contribution >= 4 is 15.9 Å². The molecule has 1 aliphatic rings. The van der Waals surface area contributed by atoms with Gasteiger partial charge in [-0.1, -0.05) is 46.3 Å². The maximum Gasteiger partial charge on any atom is 0.204 e. The van der Waals surface area contributed by atoms with Gasteiger partial charge in [0, 0.05) is 16.3 Å². The summed E-state index contributed by atoms with van der Waals surface area (Å²) in [7, 11) is 0. The monoisotopic (exact) mass is 292 g/mol. The lowest BCUT2D eigenvalue weighted by atomic mass is 10.1. The normalized spacial score (nSPS) is 17.0. The van der Waals surface area contributed by atoms with Gasteiger partial charge >= 0.3 is 0 Å². The van der Waals surface area contributed by atoms with Crippen molar-refractivity contribution in [3.63, 3.8) is 0 Å². The van der Waals surface area contributed by atoms with Crippen molar-refractivity contribution in [2.75, 3.05) is 5.33 Å². The van der Waals surface area contributed by atoms with Gasteiger partial charge in [0.25, 0.3) is 0 Å². The molecular formula is C12H13BrN4. The first kappa shape index (κ1) is 10.9. The zero-order valence-corrected chi connectivity index (χ0v) is 11.0. The van der Waals surface area contributed by atoms with Crippen LogP contribution in [0.3, 0.4) is 0 Å². The van der Waals surface area contributed by atoms with Gasteiger partial charge in [-0.2, -0.15) is 4.80 Å². The van der Waals surface area contributed by atoms with Crippen molar-refractivity contribution in [1.29, 1.82) is 0 Å². The second kappa shape index (κ2) is 4.22. The molecule has 0 unspecified atom stereocenters. The van der Waals surface area contributed by atoms with Gasteiger partial charge in [0.05, 0.1) is 6.54 Å². The standard InChI is InChI=1S/C12H13BrN4/c13-8-12(6-7-12)9-17-15-11(14-16-17)10-4-2-1-3-5-10/h1-5H,6-9H2. The largest absolute Gasteiger partial charge is 0.204 e. The molecule has 17 heavy (non-hydrogen) atoms. The molecule has 1 aliphatic carbocycles. The van der Waals surface area contributed by atoms with E-state index in [2.05, 4.69) is 31.3 Å². The van der Waals surface area contributed by atoms with Crippen LogP contribution in [0, 0.1) is 5.41 Å². The lowest BCUT2D eigenvalue weighted by molar-refractivity contribution is 0.396. The van der Waals surface area contributed by atoms with E-state index in [1.807, 2.05) is 30.3 Å². The van der Waals surface area contributed by atoms with Gasteiger partial charge in [0.15, 0.2) is 0 Å². The van der Waals surface area contributed by atoms with E-state index in [-0.39, 0.29) is 0 Å². The van der Waals surface area contributed by atoms with Crippen LogP contribution in [0.25, 0.3) is 11.4 Å². The highest BCUT2D eigenvalue weighted by molar-refractivity contribution is 9.09. The van der Waals surface area contributed by atoms with E-state index in [9.17, 15) is 0 Å². The first-order valence-corrected chi connectivity index (χ1v) is 6.83. The van der Waals surface area contributed by atoms with Gasteiger partial charge < -0.3 is 0 Å². The molecule has 1 fully saturated rings. The van der Waals surface area contributed by atoms with Crippen LogP contribution < -0.4 is 0 Å². The predicted octanol–water partition coefficient (Wildman–Crippen LogP) is 2.52. The molecule has 0 radical (unpaired) electrons. The second-order valence-electron chi connectivity index (χ2n) is 4.64. The molecule has 1 saturated carbocycles. The third-order valence-electron chi connectivity index (χ3n) is 3.20. The number of hydrogen-bond acceptors (Lipinski definition) is 3. The van der Waals surface area contributed by atoms with E-state index in [4.69, 9.17) is 0 Å². The van der Waals surface area contributed by atoms with Crippen molar-refractivity contribution in [1.82, 2.24) is 20.2 Å². The maximum atomic E-state index is 4.43. The Bertz CT molecular complexity index is 504. The Morgan fingerprint density at radius 2 is 2.00 bits per heavy atom. The first-order chi connectivity index (χ1) is 8.31. The third-order valence-corrected chi connectivity index (χ3v) is 4.39. The topological polar surface area (TPSA) is 43.6 Å². The van der Waals surface area contributed by atoms with Gasteiger partial charge in [0.1, 0.15) is 0 Å². The molecular weight excluding hydrogens is 280 g/mol. The Balaban J connectivity index is 1.79. The summed E-state index contributed by atoms with van der Waals surface area (Å²) in [6, 6.07) is 9.95. The van der Waals surface area contributed by atoms with Crippen LogP contribution in [-0.2, 0) is 6.54 Å². The molecule has 0 atom stereocenters. The average Bonchev–Trinajstić information content (AvgIpc) is 3.00. The van der Waals surface area contributed by atoms with Crippen LogP contribution in [0.4, 0.5) is 0 Å². The number of rotatable bonds is 4. The minimum atomic E-state index is 0.370. The highest BCUT2D eigenvalue weighted by atomic mass is 79.9. The van der Waals surface area contributed by atoms with Crippen molar-refractivity contribution in [3.05, 3.63) is 30.3 Å². The predicted molar refractivity (Wildman–Crippen MR) is 68.7 cm³/mol. The average molecular weight is 293 g/mol. The van der Waals surface area contributed by atoms with E-state index in [0.29, 0.717) is 11.2 Å². The molecule has 2 aromatic rings. The van der Waals surface area contributed by atoms with Crippen molar-refractivity contribution in [2.24, 2.45) is 5.41 Å². The summed E-state index contributed by atoms with van der Waals surface area (Å²) in [6.45, 7) is 0.859. The molecule has 1 aromatic carbocycles. The Morgan fingerprint density at radius 3 is 2.65 bits per heavy atom. The summed E-state index contributed by atoms with van der Waals surface area (Å²) in [5, 5.41) is 13.7. The number of halogens is 1. The number of benzene rings is 1. The van der Waals surface area contributed by atoms with Gasteiger partial charge in [0.2, 0.25) is 5.82 Å².